The van der Waals surface area contributed by atoms with Crippen molar-refractivity contribution >= 4 is 22.9 Å². The number of anilines is 1. The van der Waals surface area contributed by atoms with Gasteiger partial charge in [0, 0.05) is 11.1 Å². The van der Waals surface area contributed by atoms with Gasteiger partial charge in [-0.1, -0.05) is 12.1 Å². The number of hydrogen-bond acceptors (Lipinski definition) is 4. The molecule has 0 saturated carbocycles. The Balaban J connectivity index is 2.01. The molecule has 0 spiro atoms. The number of nitrogens with one attached hydrogen (secondary N) is 1. The molecule has 0 saturated heterocycles. The Bertz CT molecular complexity index is 479. The quantitative estimate of drug-likeness (QED) is 0.867. The highest BCUT2D eigenvalue weighted by Gasteiger charge is 2.07. The molecule has 5 heteroatoms. The van der Waals surface area contributed by atoms with Gasteiger partial charge in [0.1, 0.15) is 5.69 Å². The molecule has 0 fully saturated rings. The topological polar surface area (TPSA) is 68.0 Å². The highest BCUT2D eigenvalue weighted by atomic mass is 32.1. The molecule has 0 unspecified atom stereocenters. The third-order valence-electron chi connectivity index (χ3n) is 2.31. The smallest absolute Gasteiger partial charge is 0.275 e. The number of thiazole rings is 1. The second-order valence-electron chi connectivity index (χ2n) is 3.56. The third kappa shape index (κ3) is 3.12. The Labute approximate surface area is 103 Å². The number of carbonyl (C=O) groups is 1. The standard InChI is InChI=1S/C12H13N3OS/c13-6-5-9-1-3-10(4-2-9)15-12(16)11-7-17-8-14-11/h1-4,7-8H,5-6,13H2,(H,15,16). The monoisotopic (exact) mass is 247 g/mol. The SMILES string of the molecule is NCCc1ccc(NC(=O)c2cscn2)cc1. The molecular formula is C12H13N3OS. The second-order valence-corrected chi connectivity index (χ2v) is 4.28. The summed E-state index contributed by atoms with van der Waals surface area (Å²) in [5, 5.41) is 4.51. The molecule has 0 atom stereocenters. The maximum Gasteiger partial charge on any atom is 0.275 e. The fraction of sp³-hybridized carbons (Fsp3) is 0.167. The number of benzene rings is 1. The highest BCUT2D eigenvalue weighted by molar-refractivity contribution is 7.07. The molecule has 2 rings (SSSR count). The maximum atomic E-state index is 11.7. The first-order valence-electron chi connectivity index (χ1n) is 5.28. The van der Waals surface area contributed by atoms with Gasteiger partial charge in [0.2, 0.25) is 0 Å². The molecule has 0 aliphatic rings. The van der Waals surface area contributed by atoms with Gasteiger partial charge in [0.25, 0.3) is 5.91 Å². The number of carbonyl (C=O) groups excluding carboxylic acids is 1. The van der Waals surface area contributed by atoms with Crippen molar-refractivity contribution in [2.24, 2.45) is 5.73 Å². The first-order valence-corrected chi connectivity index (χ1v) is 6.22. The summed E-state index contributed by atoms with van der Waals surface area (Å²) in [4.78, 5) is 15.6. The van der Waals surface area contributed by atoms with Crippen LogP contribution in [0.2, 0.25) is 0 Å². The Hall–Kier alpha value is -1.72. The van der Waals surface area contributed by atoms with E-state index in [1.165, 1.54) is 16.9 Å². The van der Waals surface area contributed by atoms with Crippen molar-refractivity contribution in [3.8, 4) is 0 Å². The van der Waals surface area contributed by atoms with Crippen LogP contribution in [0.25, 0.3) is 0 Å². The average molecular weight is 247 g/mol. The minimum absolute atomic E-state index is 0.183. The van der Waals surface area contributed by atoms with E-state index in [0.717, 1.165) is 12.1 Å². The van der Waals surface area contributed by atoms with Crippen LogP contribution in [0.1, 0.15) is 16.1 Å². The Morgan fingerprint density at radius 2 is 2.12 bits per heavy atom. The van der Waals surface area contributed by atoms with Crippen LogP contribution in [0.15, 0.2) is 35.2 Å². The summed E-state index contributed by atoms with van der Waals surface area (Å²) >= 11 is 1.40. The van der Waals surface area contributed by atoms with Crippen LogP contribution >= 0.6 is 11.3 Å². The normalized spacial score (nSPS) is 10.2. The van der Waals surface area contributed by atoms with E-state index in [9.17, 15) is 4.79 Å². The van der Waals surface area contributed by atoms with Crippen molar-refractivity contribution in [2.75, 3.05) is 11.9 Å². The van der Waals surface area contributed by atoms with Crippen molar-refractivity contribution < 1.29 is 4.79 Å². The molecular weight excluding hydrogens is 234 g/mol. The van der Waals surface area contributed by atoms with E-state index >= 15 is 0 Å². The van der Waals surface area contributed by atoms with Gasteiger partial charge in [-0.3, -0.25) is 4.79 Å². The van der Waals surface area contributed by atoms with Crippen molar-refractivity contribution in [1.82, 2.24) is 4.98 Å². The molecule has 2 aromatic rings. The molecule has 4 nitrogen and oxygen atoms in total. The summed E-state index contributed by atoms with van der Waals surface area (Å²) in [6.45, 7) is 0.629. The molecule has 3 N–H and O–H groups in total. The summed E-state index contributed by atoms with van der Waals surface area (Å²) in [5.41, 5.74) is 9.48. The largest absolute Gasteiger partial charge is 0.330 e. The van der Waals surface area contributed by atoms with E-state index in [1.54, 1.807) is 10.9 Å². The summed E-state index contributed by atoms with van der Waals surface area (Å²) < 4.78 is 0. The molecule has 17 heavy (non-hydrogen) atoms. The molecule has 0 aliphatic heterocycles. The zero-order valence-corrected chi connectivity index (χ0v) is 10.0. The van der Waals surface area contributed by atoms with Crippen LogP contribution in [0.4, 0.5) is 5.69 Å². The summed E-state index contributed by atoms with van der Waals surface area (Å²) in [6, 6.07) is 7.66. The summed E-state index contributed by atoms with van der Waals surface area (Å²) in [5.74, 6) is -0.183. The van der Waals surface area contributed by atoms with Crippen molar-refractivity contribution in [2.45, 2.75) is 6.42 Å². The number of rotatable bonds is 4. The first kappa shape index (κ1) is 11.8. The minimum Gasteiger partial charge on any atom is -0.330 e. The number of nitrogens with two attached hydrogens (primary N) is 1. The van der Waals surface area contributed by atoms with Crippen LogP contribution < -0.4 is 11.1 Å². The van der Waals surface area contributed by atoms with Gasteiger partial charge in [-0.2, -0.15) is 0 Å². The minimum atomic E-state index is -0.183. The van der Waals surface area contributed by atoms with Crippen LogP contribution in [-0.4, -0.2) is 17.4 Å². The van der Waals surface area contributed by atoms with Gasteiger partial charge in [0.05, 0.1) is 5.51 Å². The summed E-state index contributed by atoms with van der Waals surface area (Å²) in [6.07, 6.45) is 0.848. The van der Waals surface area contributed by atoms with Gasteiger partial charge >= 0.3 is 0 Å². The zero-order valence-electron chi connectivity index (χ0n) is 9.22. The molecule has 0 aliphatic carbocycles. The Kier molecular flexibility index (Phi) is 3.85. The van der Waals surface area contributed by atoms with Crippen molar-refractivity contribution in [3.63, 3.8) is 0 Å². The van der Waals surface area contributed by atoms with Gasteiger partial charge < -0.3 is 11.1 Å². The molecule has 1 heterocycles. The van der Waals surface area contributed by atoms with E-state index in [0.29, 0.717) is 12.2 Å². The van der Waals surface area contributed by atoms with E-state index in [4.69, 9.17) is 5.73 Å². The molecule has 88 valence electrons. The highest BCUT2D eigenvalue weighted by Crippen LogP contribution is 2.11. The number of nitrogens with zero attached hydrogens (tertiary/aromatic N) is 1. The predicted octanol–water partition coefficient (Wildman–Crippen LogP) is 1.90. The molecule has 0 radical (unpaired) electrons. The Morgan fingerprint density at radius 3 is 2.71 bits per heavy atom. The first-order chi connectivity index (χ1) is 8.29. The fourth-order valence-electron chi connectivity index (χ4n) is 1.44. The van der Waals surface area contributed by atoms with E-state index < -0.39 is 0 Å². The molecule has 1 aromatic carbocycles. The lowest BCUT2D eigenvalue weighted by Crippen LogP contribution is -2.12. The number of aromatic nitrogens is 1. The van der Waals surface area contributed by atoms with Crippen LogP contribution in [-0.2, 0) is 6.42 Å². The molecule has 0 bridgehead atoms. The maximum absolute atomic E-state index is 11.7. The van der Waals surface area contributed by atoms with E-state index in [1.807, 2.05) is 24.3 Å². The van der Waals surface area contributed by atoms with Gasteiger partial charge in [0.15, 0.2) is 0 Å². The van der Waals surface area contributed by atoms with Crippen LogP contribution in [0, 0.1) is 0 Å². The number of amides is 1. The second kappa shape index (κ2) is 5.56. The number of hydrogen-bond donors (Lipinski definition) is 2. The average Bonchev–Trinajstić information content (AvgIpc) is 2.86. The Morgan fingerprint density at radius 1 is 1.35 bits per heavy atom. The lowest BCUT2D eigenvalue weighted by atomic mass is 10.1. The zero-order chi connectivity index (χ0) is 12.1. The molecule has 1 amide bonds. The van der Waals surface area contributed by atoms with Gasteiger partial charge in [-0.15, -0.1) is 11.3 Å². The lowest BCUT2D eigenvalue weighted by Gasteiger charge is -2.04. The summed E-state index contributed by atoms with van der Waals surface area (Å²) in [7, 11) is 0. The lowest BCUT2D eigenvalue weighted by molar-refractivity contribution is 0.102. The van der Waals surface area contributed by atoms with Crippen molar-refractivity contribution in [3.05, 3.63) is 46.4 Å². The van der Waals surface area contributed by atoms with Gasteiger partial charge in [-0.25, -0.2) is 4.98 Å². The van der Waals surface area contributed by atoms with E-state index in [2.05, 4.69) is 10.3 Å². The van der Waals surface area contributed by atoms with E-state index in [-0.39, 0.29) is 5.91 Å². The van der Waals surface area contributed by atoms with Crippen LogP contribution in [0.5, 0.6) is 0 Å². The van der Waals surface area contributed by atoms with Gasteiger partial charge in [-0.05, 0) is 30.7 Å². The predicted molar refractivity (Wildman–Crippen MR) is 69.3 cm³/mol. The van der Waals surface area contributed by atoms with Crippen molar-refractivity contribution in [1.29, 1.82) is 0 Å². The third-order valence-corrected chi connectivity index (χ3v) is 2.90. The fourth-order valence-corrected chi connectivity index (χ4v) is 1.97. The van der Waals surface area contributed by atoms with Crippen LogP contribution in [0.3, 0.4) is 0 Å². The molecule has 1 aromatic heterocycles.